The Labute approximate surface area is 173 Å². The first kappa shape index (κ1) is 19.7. The van der Waals surface area contributed by atoms with Gasteiger partial charge in [-0.25, -0.2) is 4.79 Å². The van der Waals surface area contributed by atoms with Crippen LogP contribution in [0.3, 0.4) is 0 Å². The first-order valence-corrected chi connectivity index (χ1v) is 9.61. The summed E-state index contributed by atoms with van der Waals surface area (Å²) < 4.78 is 1.63. The van der Waals surface area contributed by atoms with Gasteiger partial charge in [-0.3, -0.25) is 15.1 Å². The molecule has 8 heteroatoms. The maximum Gasteiger partial charge on any atom is 0.326 e. The highest BCUT2D eigenvalue weighted by Crippen LogP contribution is 2.27. The Morgan fingerprint density at radius 3 is 2.70 bits per heavy atom. The quantitative estimate of drug-likeness (QED) is 0.622. The van der Waals surface area contributed by atoms with E-state index in [1.165, 1.54) is 0 Å². The zero-order valence-electron chi connectivity index (χ0n) is 17.2. The van der Waals surface area contributed by atoms with E-state index >= 15 is 0 Å². The van der Waals surface area contributed by atoms with Crippen molar-refractivity contribution in [3.8, 4) is 11.1 Å². The molecule has 0 fully saturated rings. The summed E-state index contributed by atoms with van der Waals surface area (Å²) in [4.78, 5) is 34.8. The lowest BCUT2D eigenvalue weighted by Gasteiger charge is -2.13. The molecule has 2 aromatic heterocycles. The number of anilines is 1. The van der Waals surface area contributed by atoms with Crippen molar-refractivity contribution in [2.75, 3.05) is 5.32 Å². The number of benzene rings is 1. The summed E-state index contributed by atoms with van der Waals surface area (Å²) in [6.07, 6.45) is 3.53. The van der Waals surface area contributed by atoms with Gasteiger partial charge in [-0.15, -0.1) is 5.48 Å². The van der Waals surface area contributed by atoms with E-state index in [2.05, 4.69) is 21.1 Å². The molecule has 3 heterocycles. The molecule has 8 nitrogen and oxygen atoms in total. The highest BCUT2D eigenvalue weighted by Gasteiger charge is 2.16. The number of fused-ring (bicyclic) bond motifs is 1. The molecule has 1 unspecified atom stereocenters. The molecule has 1 aliphatic rings. The molecule has 1 aliphatic heterocycles. The fourth-order valence-corrected chi connectivity index (χ4v) is 3.44. The van der Waals surface area contributed by atoms with Crippen LogP contribution in [0.25, 0.3) is 22.0 Å². The first-order chi connectivity index (χ1) is 14.3. The number of nitrogens with zero attached hydrogens (tertiary/aromatic N) is 2. The summed E-state index contributed by atoms with van der Waals surface area (Å²) >= 11 is 0. The zero-order valence-corrected chi connectivity index (χ0v) is 17.2. The Kier molecular flexibility index (Phi) is 5.01. The summed E-state index contributed by atoms with van der Waals surface area (Å²) in [6.45, 7) is 5.73. The number of carbonyl (C=O) groups is 1. The number of carbonyl (C=O) groups excluding carboxylic acids is 1. The van der Waals surface area contributed by atoms with Gasteiger partial charge in [-0.1, -0.05) is 6.07 Å². The number of amides is 2. The van der Waals surface area contributed by atoms with Crippen LogP contribution < -0.4 is 21.7 Å². The fraction of sp³-hybridized carbons (Fsp3) is 0.227. The van der Waals surface area contributed by atoms with Gasteiger partial charge in [0.05, 0.1) is 11.6 Å². The number of aryl methyl sites for hydroxylation is 3. The largest absolute Gasteiger partial charge is 0.390 e. The van der Waals surface area contributed by atoms with E-state index in [1.54, 1.807) is 36.0 Å². The average Bonchev–Trinajstić information content (AvgIpc) is 3.11. The zero-order chi connectivity index (χ0) is 21.4. The minimum atomic E-state index is -0.432. The normalized spacial score (nSPS) is 15.6. The fourth-order valence-electron chi connectivity index (χ4n) is 3.44. The van der Waals surface area contributed by atoms with Crippen LogP contribution in [0.1, 0.15) is 18.2 Å². The third kappa shape index (κ3) is 3.77. The van der Waals surface area contributed by atoms with Crippen molar-refractivity contribution >= 4 is 22.6 Å². The third-order valence-electron chi connectivity index (χ3n) is 5.02. The molecule has 1 atom stereocenters. The molecule has 0 radical (unpaired) electrons. The van der Waals surface area contributed by atoms with Gasteiger partial charge in [0.2, 0.25) is 5.88 Å². The number of aromatic nitrogens is 2. The molecule has 3 aromatic rings. The Morgan fingerprint density at radius 2 is 1.97 bits per heavy atom. The van der Waals surface area contributed by atoms with E-state index < -0.39 is 6.03 Å². The van der Waals surface area contributed by atoms with Gasteiger partial charge >= 0.3 is 6.03 Å². The molecule has 4 rings (SSSR count). The summed E-state index contributed by atoms with van der Waals surface area (Å²) in [7, 11) is 1.75. The van der Waals surface area contributed by atoms with Gasteiger partial charge in [-0.2, -0.15) is 0 Å². The molecule has 0 spiro atoms. The summed E-state index contributed by atoms with van der Waals surface area (Å²) in [6, 6.07) is 8.79. The minimum Gasteiger partial charge on any atom is -0.390 e. The topological polar surface area (TPSA) is 97.3 Å². The maximum atomic E-state index is 13.1. The molecule has 0 saturated carbocycles. The van der Waals surface area contributed by atoms with Crippen LogP contribution >= 0.6 is 0 Å². The van der Waals surface area contributed by atoms with Crippen LogP contribution in [-0.4, -0.2) is 21.6 Å². The van der Waals surface area contributed by atoms with Crippen molar-refractivity contribution in [1.82, 2.24) is 20.3 Å². The number of urea groups is 1. The highest BCUT2D eigenvalue weighted by atomic mass is 16.7. The minimum absolute atomic E-state index is 0.0219. The maximum absolute atomic E-state index is 13.1. The lowest BCUT2D eigenvalue weighted by molar-refractivity contribution is 0.109. The monoisotopic (exact) mass is 405 g/mol. The standard InChI is InChI=1S/C22H23N5O3/c1-12-5-6-16(24-22(29)25-20-8-14(3)26-30-20)10-17(12)18-9-15-11-23-13(2)7-19(15)27(4)21(18)28/h5-11,14,26H,1-4H3,(H2,24,25,29). The number of hydroxylamine groups is 1. The van der Waals surface area contributed by atoms with Crippen molar-refractivity contribution in [3.63, 3.8) is 0 Å². The van der Waals surface area contributed by atoms with Crippen LogP contribution in [0.15, 0.2) is 53.3 Å². The number of rotatable bonds is 3. The van der Waals surface area contributed by atoms with E-state index in [9.17, 15) is 9.59 Å². The molecule has 2 amide bonds. The number of pyridine rings is 2. The number of hydrogen-bond donors (Lipinski definition) is 3. The second-order valence-corrected chi connectivity index (χ2v) is 7.46. The molecule has 30 heavy (non-hydrogen) atoms. The Hall–Kier alpha value is -3.65. The van der Waals surface area contributed by atoms with E-state index in [0.29, 0.717) is 17.1 Å². The summed E-state index contributed by atoms with van der Waals surface area (Å²) in [5, 5.41) is 6.29. The predicted octanol–water partition coefficient (Wildman–Crippen LogP) is 3.10. The molecule has 154 valence electrons. The van der Waals surface area contributed by atoms with Gasteiger partial charge in [-0.05, 0) is 62.2 Å². The van der Waals surface area contributed by atoms with Crippen molar-refractivity contribution in [2.45, 2.75) is 26.8 Å². The van der Waals surface area contributed by atoms with E-state index in [0.717, 1.165) is 27.7 Å². The van der Waals surface area contributed by atoms with E-state index in [-0.39, 0.29) is 11.6 Å². The van der Waals surface area contributed by atoms with Crippen LogP contribution in [0.4, 0.5) is 10.5 Å². The van der Waals surface area contributed by atoms with E-state index in [4.69, 9.17) is 4.84 Å². The predicted molar refractivity (Wildman–Crippen MR) is 116 cm³/mol. The SMILES string of the molecule is Cc1cc2c(cn1)cc(-c1cc(NC(=O)NC3=CC(C)NO3)ccc1C)c(=O)n2C. The number of nitrogens with one attached hydrogen (secondary N) is 3. The molecule has 3 N–H and O–H groups in total. The van der Waals surface area contributed by atoms with Crippen LogP contribution in [0.2, 0.25) is 0 Å². The average molecular weight is 405 g/mol. The van der Waals surface area contributed by atoms with Crippen molar-refractivity contribution in [1.29, 1.82) is 0 Å². The lowest BCUT2D eigenvalue weighted by atomic mass is 9.99. The van der Waals surface area contributed by atoms with Gasteiger partial charge in [0, 0.05) is 35.6 Å². The second kappa shape index (κ2) is 7.64. The summed E-state index contributed by atoms with van der Waals surface area (Å²) in [5.74, 6) is 0.346. The third-order valence-corrected chi connectivity index (χ3v) is 5.02. The van der Waals surface area contributed by atoms with Gasteiger partial charge < -0.3 is 14.7 Å². The second-order valence-electron chi connectivity index (χ2n) is 7.46. The summed E-state index contributed by atoms with van der Waals surface area (Å²) in [5.41, 5.74) is 7.10. The molecular formula is C22H23N5O3. The lowest BCUT2D eigenvalue weighted by Crippen LogP contribution is -2.29. The molecule has 0 saturated heterocycles. The molecule has 1 aromatic carbocycles. The van der Waals surface area contributed by atoms with Crippen LogP contribution in [0, 0.1) is 13.8 Å². The van der Waals surface area contributed by atoms with Gasteiger partial charge in [0.1, 0.15) is 0 Å². The van der Waals surface area contributed by atoms with Gasteiger partial charge in [0.15, 0.2) is 0 Å². The Bertz CT molecular complexity index is 1250. The van der Waals surface area contributed by atoms with Crippen molar-refractivity contribution < 1.29 is 9.63 Å². The molecule has 0 bridgehead atoms. The molecular weight excluding hydrogens is 382 g/mol. The molecule has 0 aliphatic carbocycles. The first-order valence-electron chi connectivity index (χ1n) is 9.61. The van der Waals surface area contributed by atoms with E-state index in [1.807, 2.05) is 39.0 Å². The Balaban J connectivity index is 1.68. The number of hydrogen-bond acceptors (Lipinski definition) is 5. The van der Waals surface area contributed by atoms with Crippen LogP contribution in [0.5, 0.6) is 0 Å². The van der Waals surface area contributed by atoms with Crippen LogP contribution in [-0.2, 0) is 11.9 Å². The smallest absolute Gasteiger partial charge is 0.326 e. The van der Waals surface area contributed by atoms with Gasteiger partial charge in [0.25, 0.3) is 5.56 Å². The Morgan fingerprint density at radius 1 is 1.17 bits per heavy atom. The van der Waals surface area contributed by atoms with Crippen molar-refractivity contribution in [3.05, 3.63) is 70.1 Å². The van der Waals surface area contributed by atoms with Crippen molar-refractivity contribution in [2.24, 2.45) is 7.05 Å². The highest BCUT2D eigenvalue weighted by molar-refractivity contribution is 5.92.